The quantitative estimate of drug-likeness (QED) is 0.923. The standard InChI is InChI=1S/C16H23ClN2O3/c1-11(18-15(21)22-16(2,3)4)10-19(5)14(20)12-6-8-13(17)9-7-12/h6-9,11H,10H2,1-5H3,(H,18,21)/t11-/m0/s1. The molecule has 0 saturated carbocycles. The van der Waals surface area contributed by atoms with Crippen molar-refractivity contribution in [1.29, 1.82) is 0 Å². The number of hydrogen-bond acceptors (Lipinski definition) is 3. The monoisotopic (exact) mass is 326 g/mol. The van der Waals surface area contributed by atoms with Crippen molar-refractivity contribution in [2.75, 3.05) is 13.6 Å². The first-order valence-electron chi connectivity index (χ1n) is 7.09. The molecule has 6 heteroatoms. The largest absolute Gasteiger partial charge is 0.444 e. The predicted molar refractivity (Wildman–Crippen MR) is 87.2 cm³/mol. The van der Waals surface area contributed by atoms with Gasteiger partial charge in [-0.1, -0.05) is 11.6 Å². The Morgan fingerprint density at radius 3 is 2.32 bits per heavy atom. The zero-order valence-electron chi connectivity index (χ0n) is 13.6. The number of benzene rings is 1. The SMILES string of the molecule is C[C@@H](CN(C)C(=O)c1ccc(Cl)cc1)NC(=O)OC(C)(C)C. The highest BCUT2D eigenvalue weighted by atomic mass is 35.5. The molecule has 2 amide bonds. The molecule has 1 aromatic rings. The van der Waals surface area contributed by atoms with Gasteiger partial charge in [-0.05, 0) is 52.0 Å². The Hall–Kier alpha value is -1.75. The van der Waals surface area contributed by atoms with Gasteiger partial charge < -0.3 is 15.0 Å². The molecule has 0 bridgehead atoms. The summed E-state index contributed by atoms with van der Waals surface area (Å²) in [6, 6.07) is 6.46. The summed E-state index contributed by atoms with van der Waals surface area (Å²) in [5.74, 6) is -0.130. The Morgan fingerprint density at radius 2 is 1.82 bits per heavy atom. The molecule has 1 rings (SSSR count). The lowest BCUT2D eigenvalue weighted by Gasteiger charge is -2.25. The topological polar surface area (TPSA) is 58.6 Å². The zero-order valence-corrected chi connectivity index (χ0v) is 14.4. The Balaban J connectivity index is 2.53. The summed E-state index contributed by atoms with van der Waals surface area (Å²) in [5, 5.41) is 3.29. The van der Waals surface area contributed by atoms with Crippen LogP contribution in [0, 0.1) is 0 Å². The Labute approximate surface area is 136 Å². The molecule has 0 radical (unpaired) electrons. The maximum atomic E-state index is 12.2. The molecule has 0 aliphatic carbocycles. The van der Waals surface area contributed by atoms with Crippen LogP contribution in [-0.4, -0.2) is 42.1 Å². The van der Waals surface area contributed by atoms with Crippen LogP contribution < -0.4 is 5.32 Å². The summed E-state index contributed by atoms with van der Waals surface area (Å²) in [6.45, 7) is 7.59. The normalized spacial score (nSPS) is 12.5. The van der Waals surface area contributed by atoms with Crippen molar-refractivity contribution in [2.24, 2.45) is 0 Å². The van der Waals surface area contributed by atoms with Crippen LogP contribution in [0.25, 0.3) is 0 Å². The lowest BCUT2D eigenvalue weighted by Crippen LogP contribution is -2.44. The molecular weight excluding hydrogens is 304 g/mol. The van der Waals surface area contributed by atoms with Gasteiger partial charge in [-0.3, -0.25) is 4.79 Å². The number of ether oxygens (including phenoxy) is 1. The molecule has 1 N–H and O–H groups in total. The van der Waals surface area contributed by atoms with Crippen LogP contribution in [-0.2, 0) is 4.74 Å². The number of nitrogens with one attached hydrogen (secondary N) is 1. The second-order valence-electron chi connectivity index (χ2n) is 6.24. The molecule has 1 atom stereocenters. The van der Waals surface area contributed by atoms with Crippen molar-refractivity contribution < 1.29 is 14.3 Å². The Kier molecular flexibility index (Phi) is 6.23. The summed E-state index contributed by atoms with van der Waals surface area (Å²) >= 11 is 5.80. The molecule has 0 aromatic heterocycles. The van der Waals surface area contributed by atoms with Crippen molar-refractivity contribution in [2.45, 2.75) is 39.3 Å². The number of alkyl carbamates (subject to hydrolysis) is 1. The summed E-state index contributed by atoms with van der Waals surface area (Å²) in [6.07, 6.45) is -0.493. The fraction of sp³-hybridized carbons (Fsp3) is 0.500. The Morgan fingerprint density at radius 1 is 1.27 bits per heavy atom. The maximum absolute atomic E-state index is 12.2. The van der Waals surface area contributed by atoms with E-state index in [2.05, 4.69) is 5.32 Å². The second-order valence-corrected chi connectivity index (χ2v) is 6.68. The van der Waals surface area contributed by atoms with E-state index in [4.69, 9.17) is 16.3 Å². The highest BCUT2D eigenvalue weighted by Crippen LogP contribution is 2.11. The molecule has 0 heterocycles. The van der Waals surface area contributed by atoms with Gasteiger partial charge in [0.05, 0.1) is 0 Å². The van der Waals surface area contributed by atoms with E-state index in [1.54, 1.807) is 57.0 Å². The lowest BCUT2D eigenvalue weighted by molar-refractivity contribution is 0.0491. The smallest absolute Gasteiger partial charge is 0.407 e. The van der Waals surface area contributed by atoms with Gasteiger partial charge >= 0.3 is 6.09 Å². The van der Waals surface area contributed by atoms with E-state index in [9.17, 15) is 9.59 Å². The molecule has 5 nitrogen and oxygen atoms in total. The molecule has 0 spiro atoms. The molecule has 0 saturated heterocycles. The third-order valence-electron chi connectivity index (χ3n) is 2.75. The third-order valence-corrected chi connectivity index (χ3v) is 3.00. The minimum atomic E-state index is -0.547. The van der Waals surface area contributed by atoms with Crippen LogP contribution >= 0.6 is 11.6 Å². The fourth-order valence-corrected chi connectivity index (χ4v) is 1.99. The van der Waals surface area contributed by atoms with Crippen LogP contribution in [0.4, 0.5) is 4.79 Å². The molecule has 1 aromatic carbocycles. The second kappa shape index (κ2) is 7.49. The highest BCUT2D eigenvalue weighted by Gasteiger charge is 2.19. The van der Waals surface area contributed by atoms with Gasteiger partial charge in [-0.2, -0.15) is 0 Å². The maximum Gasteiger partial charge on any atom is 0.407 e. The van der Waals surface area contributed by atoms with Crippen LogP contribution in [0.15, 0.2) is 24.3 Å². The van der Waals surface area contributed by atoms with Crippen LogP contribution in [0.3, 0.4) is 0 Å². The molecular formula is C16H23ClN2O3. The van der Waals surface area contributed by atoms with E-state index in [0.29, 0.717) is 17.1 Å². The van der Waals surface area contributed by atoms with Crippen molar-refractivity contribution >= 4 is 23.6 Å². The van der Waals surface area contributed by atoms with E-state index < -0.39 is 11.7 Å². The van der Waals surface area contributed by atoms with Gasteiger partial charge in [0.15, 0.2) is 0 Å². The van der Waals surface area contributed by atoms with Crippen molar-refractivity contribution in [3.8, 4) is 0 Å². The molecule has 122 valence electrons. The average Bonchev–Trinajstić information content (AvgIpc) is 2.35. The lowest BCUT2D eigenvalue weighted by atomic mass is 10.2. The number of halogens is 1. The fourth-order valence-electron chi connectivity index (χ4n) is 1.86. The minimum Gasteiger partial charge on any atom is -0.444 e. The van der Waals surface area contributed by atoms with E-state index in [0.717, 1.165) is 0 Å². The van der Waals surface area contributed by atoms with Gasteiger partial charge in [0.2, 0.25) is 0 Å². The summed E-state index contributed by atoms with van der Waals surface area (Å²) in [7, 11) is 1.68. The number of carbonyl (C=O) groups excluding carboxylic acids is 2. The summed E-state index contributed by atoms with van der Waals surface area (Å²) < 4.78 is 5.18. The number of nitrogens with zero attached hydrogens (tertiary/aromatic N) is 1. The molecule has 0 aliphatic heterocycles. The van der Waals surface area contributed by atoms with E-state index in [1.807, 2.05) is 6.92 Å². The molecule has 0 fully saturated rings. The Bertz CT molecular complexity index is 523. The number of amides is 2. The van der Waals surface area contributed by atoms with Gasteiger partial charge in [0, 0.05) is 30.2 Å². The summed E-state index contributed by atoms with van der Waals surface area (Å²) in [4.78, 5) is 25.5. The van der Waals surface area contributed by atoms with Crippen molar-refractivity contribution in [3.63, 3.8) is 0 Å². The molecule has 22 heavy (non-hydrogen) atoms. The number of likely N-dealkylation sites (N-methyl/N-ethyl adjacent to an activating group) is 1. The molecule has 0 aliphatic rings. The first kappa shape index (κ1) is 18.3. The van der Waals surface area contributed by atoms with E-state index in [1.165, 1.54) is 0 Å². The van der Waals surface area contributed by atoms with Gasteiger partial charge in [0.25, 0.3) is 5.91 Å². The summed E-state index contributed by atoms with van der Waals surface area (Å²) in [5.41, 5.74) is 0.00540. The van der Waals surface area contributed by atoms with E-state index >= 15 is 0 Å². The number of carbonyl (C=O) groups is 2. The van der Waals surface area contributed by atoms with Gasteiger partial charge in [-0.15, -0.1) is 0 Å². The van der Waals surface area contributed by atoms with Gasteiger partial charge in [0.1, 0.15) is 5.60 Å². The van der Waals surface area contributed by atoms with Crippen molar-refractivity contribution in [3.05, 3.63) is 34.9 Å². The van der Waals surface area contributed by atoms with Crippen LogP contribution in [0.1, 0.15) is 38.1 Å². The minimum absolute atomic E-state index is 0.130. The number of hydrogen-bond donors (Lipinski definition) is 1. The number of rotatable bonds is 4. The highest BCUT2D eigenvalue weighted by molar-refractivity contribution is 6.30. The first-order chi connectivity index (χ1) is 10.1. The zero-order chi connectivity index (χ0) is 16.9. The average molecular weight is 327 g/mol. The molecule has 0 unspecified atom stereocenters. The first-order valence-corrected chi connectivity index (χ1v) is 7.47. The van der Waals surface area contributed by atoms with E-state index in [-0.39, 0.29) is 11.9 Å². The van der Waals surface area contributed by atoms with Crippen LogP contribution in [0.2, 0.25) is 5.02 Å². The third kappa shape index (κ3) is 6.35. The van der Waals surface area contributed by atoms with Crippen LogP contribution in [0.5, 0.6) is 0 Å². The van der Waals surface area contributed by atoms with Crippen molar-refractivity contribution in [1.82, 2.24) is 10.2 Å². The predicted octanol–water partition coefficient (Wildman–Crippen LogP) is 3.33. The van der Waals surface area contributed by atoms with Gasteiger partial charge in [-0.25, -0.2) is 4.79 Å².